The molecule has 150 valence electrons. The average Bonchev–Trinajstić information content (AvgIpc) is 3.02. The van der Waals surface area contributed by atoms with Crippen LogP contribution in [0.2, 0.25) is 0 Å². The number of carbonyl (C=O) groups is 1. The monoisotopic (exact) mass is 413 g/mol. The van der Waals surface area contributed by atoms with E-state index in [4.69, 9.17) is 14.2 Å². The normalized spacial score (nSPS) is 16.4. The molecule has 0 saturated heterocycles. The maximum atomic E-state index is 12.3. The molecule has 0 radical (unpaired) electrons. The van der Waals surface area contributed by atoms with Gasteiger partial charge in [-0.15, -0.1) is 0 Å². The number of thioether (sulfide) groups is 1. The van der Waals surface area contributed by atoms with Crippen LogP contribution in [-0.4, -0.2) is 42.6 Å². The number of methoxy groups -OCH3 is 3. The van der Waals surface area contributed by atoms with Crippen molar-refractivity contribution in [3.63, 3.8) is 0 Å². The number of hydrogen-bond donors (Lipinski definition) is 2. The van der Waals surface area contributed by atoms with Gasteiger partial charge in [0.2, 0.25) is 0 Å². The summed E-state index contributed by atoms with van der Waals surface area (Å²) in [4.78, 5) is 17.2. The minimum atomic E-state index is -0.700. The highest BCUT2D eigenvalue weighted by molar-refractivity contribution is 8.18. The number of carbonyl (C=O) groups excluding carboxylic acids is 1. The fourth-order valence-corrected chi connectivity index (χ4v) is 3.70. The van der Waals surface area contributed by atoms with Gasteiger partial charge in [-0.05, 0) is 35.9 Å². The maximum Gasteiger partial charge on any atom is 0.344 e. The first-order valence-corrected chi connectivity index (χ1v) is 9.30. The Morgan fingerprint density at radius 3 is 2.45 bits per heavy atom. The van der Waals surface area contributed by atoms with Crippen LogP contribution >= 0.6 is 11.8 Å². The van der Waals surface area contributed by atoms with Gasteiger partial charge in [0.25, 0.3) is 0 Å². The summed E-state index contributed by atoms with van der Waals surface area (Å²) in [7, 11) is 4.28. The Morgan fingerprint density at radius 2 is 1.79 bits per heavy atom. The van der Waals surface area contributed by atoms with E-state index < -0.39 is 5.97 Å². The first-order chi connectivity index (χ1) is 14.0. The van der Waals surface area contributed by atoms with Gasteiger partial charge in [0.1, 0.15) is 22.1 Å². The summed E-state index contributed by atoms with van der Waals surface area (Å²) in [5.41, 5.74) is 1.15. The molecule has 0 saturated carbocycles. The number of phenolic OH excluding ortho intramolecular Hbond substituents is 1. The van der Waals surface area contributed by atoms with Crippen molar-refractivity contribution in [1.29, 1.82) is 0 Å². The van der Waals surface area contributed by atoms with E-state index in [-0.39, 0.29) is 22.1 Å². The van der Waals surface area contributed by atoms with Crippen LogP contribution in [0.5, 0.6) is 17.2 Å². The first kappa shape index (κ1) is 20.3. The van der Waals surface area contributed by atoms with Crippen molar-refractivity contribution < 1.29 is 29.2 Å². The summed E-state index contributed by atoms with van der Waals surface area (Å²) < 4.78 is 15.3. The van der Waals surface area contributed by atoms with Gasteiger partial charge in [0.15, 0.2) is 11.5 Å². The Hall–Kier alpha value is -3.39. The summed E-state index contributed by atoms with van der Waals surface area (Å²) in [5, 5.41) is 20.5. The van der Waals surface area contributed by atoms with Gasteiger partial charge in [-0.1, -0.05) is 23.9 Å². The molecule has 0 spiro atoms. The second kappa shape index (κ2) is 8.74. The lowest BCUT2D eigenvalue weighted by atomic mass is 10.1. The fraction of sp³-hybridized carbons (Fsp3) is 0.143. The molecule has 0 aromatic heterocycles. The van der Waals surface area contributed by atoms with Crippen LogP contribution in [0.4, 0.5) is 5.69 Å². The molecule has 2 aromatic carbocycles. The van der Waals surface area contributed by atoms with E-state index in [1.807, 2.05) is 0 Å². The number of esters is 1. The molecule has 2 aromatic rings. The van der Waals surface area contributed by atoms with Crippen molar-refractivity contribution in [1.82, 2.24) is 0 Å². The molecule has 1 aliphatic heterocycles. The molecule has 0 fully saturated rings. The molecule has 2 N–H and O–H groups in total. The van der Waals surface area contributed by atoms with E-state index >= 15 is 0 Å². The summed E-state index contributed by atoms with van der Waals surface area (Å²) in [6.07, 6.45) is 1.65. The molecule has 1 heterocycles. The van der Waals surface area contributed by atoms with Crippen LogP contribution in [0.3, 0.4) is 0 Å². The van der Waals surface area contributed by atoms with Gasteiger partial charge in [-0.2, -0.15) is 0 Å². The van der Waals surface area contributed by atoms with Crippen LogP contribution in [-0.2, 0) is 9.53 Å². The molecule has 3 rings (SSSR count). The number of nitrogens with zero attached hydrogens (tertiary/aromatic N) is 1. The Labute approximate surface area is 171 Å². The smallest absolute Gasteiger partial charge is 0.344 e. The summed E-state index contributed by atoms with van der Waals surface area (Å²) in [6, 6.07) is 11.6. The van der Waals surface area contributed by atoms with Gasteiger partial charge in [-0.3, -0.25) is 0 Å². The van der Waals surface area contributed by atoms with Gasteiger partial charge in [-0.25, -0.2) is 9.79 Å². The predicted octanol–water partition coefficient (Wildman–Crippen LogP) is 4.21. The number of hydrogen-bond acceptors (Lipinski definition) is 8. The van der Waals surface area contributed by atoms with E-state index in [9.17, 15) is 15.0 Å². The van der Waals surface area contributed by atoms with Crippen LogP contribution in [0.15, 0.2) is 63.7 Å². The molecule has 0 unspecified atom stereocenters. The van der Waals surface area contributed by atoms with Crippen LogP contribution < -0.4 is 9.47 Å². The van der Waals surface area contributed by atoms with E-state index in [0.717, 1.165) is 11.8 Å². The molecule has 8 heteroatoms. The SMILES string of the molecule is COC(=O)C1=C(O)C(=Cc2cccc(O)c2)SC1=Nc1ccc(OC)c(OC)c1. The highest BCUT2D eigenvalue weighted by atomic mass is 32.2. The van der Waals surface area contributed by atoms with Crippen molar-refractivity contribution >= 4 is 34.5 Å². The molecule has 7 nitrogen and oxygen atoms in total. The van der Waals surface area contributed by atoms with E-state index in [0.29, 0.717) is 27.7 Å². The molecule has 0 aliphatic carbocycles. The van der Waals surface area contributed by atoms with Gasteiger partial charge < -0.3 is 24.4 Å². The number of phenols is 1. The van der Waals surface area contributed by atoms with E-state index in [1.165, 1.54) is 21.3 Å². The molecule has 1 aliphatic rings. The lowest BCUT2D eigenvalue weighted by Crippen LogP contribution is -2.10. The average molecular weight is 413 g/mol. The topological polar surface area (TPSA) is 97.6 Å². The highest BCUT2D eigenvalue weighted by Crippen LogP contribution is 2.41. The van der Waals surface area contributed by atoms with E-state index in [2.05, 4.69) is 4.99 Å². The van der Waals surface area contributed by atoms with Crippen molar-refractivity contribution in [2.75, 3.05) is 21.3 Å². The second-order valence-electron chi connectivity index (χ2n) is 5.88. The molecular weight excluding hydrogens is 394 g/mol. The Kier molecular flexibility index (Phi) is 6.13. The Morgan fingerprint density at radius 1 is 1.03 bits per heavy atom. The quantitative estimate of drug-likeness (QED) is 0.709. The number of aromatic hydroxyl groups is 1. The number of ether oxygens (including phenoxy) is 3. The Bertz CT molecular complexity index is 1040. The molecule has 0 atom stereocenters. The van der Waals surface area contributed by atoms with Crippen LogP contribution in [0, 0.1) is 0 Å². The van der Waals surface area contributed by atoms with Crippen molar-refractivity contribution in [3.05, 3.63) is 64.3 Å². The molecule has 0 amide bonds. The number of rotatable bonds is 5. The third-order valence-corrected chi connectivity index (χ3v) is 5.07. The highest BCUT2D eigenvalue weighted by Gasteiger charge is 2.33. The second-order valence-corrected chi connectivity index (χ2v) is 6.91. The van der Waals surface area contributed by atoms with Gasteiger partial charge >= 0.3 is 5.97 Å². The van der Waals surface area contributed by atoms with Crippen LogP contribution in [0.25, 0.3) is 6.08 Å². The van der Waals surface area contributed by atoms with Crippen molar-refractivity contribution in [2.24, 2.45) is 4.99 Å². The predicted molar refractivity (Wildman–Crippen MR) is 112 cm³/mol. The zero-order chi connectivity index (χ0) is 21.0. The third kappa shape index (κ3) is 4.38. The number of aliphatic hydroxyl groups is 1. The maximum absolute atomic E-state index is 12.3. The van der Waals surface area contributed by atoms with E-state index in [1.54, 1.807) is 48.5 Å². The minimum absolute atomic E-state index is 0.0290. The summed E-state index contributed by atoms with van der Waals surface area (Å²) in [5.74, 6) is 0.198. The van der Waals surface area contributed by atoms with Crippen molar-refractivity contribution in [3.8, 4) is 17.2 Å². The first-order valence-electron chi connectivity index (χ1n) is 8.48. The minimum Gasteiger partial charge on any atom is -0.508 e. The number of aliphatic hydroxyl groups excluding tert-OH is 1. The number of benzene rings is 2. The largest absolute Gasteiger partial charge is 0.508 e. The third-order valence-electron chi connectivity index (χ3n) is 4.05. The lowest BCUT2D eigenvalue weighted by Gasteiger charge is -2.08. The molecule has 0 bridgehead atoms. The fourth-order valence-electron chi connectivity index (χ4n) is 2.67. The standard InChI is InChI=1S/C21H19NO6S/c1-26-15-8-7-13(11-16(15)27-2)22-20-18(21(25)28-3)19(24)17(29-20)10-12-5-4-6-14(23)9-12/h4-11,23-24H,1-3H3. The van der Waals surface area contributed by atoms with Gasteiger partial charge in [0.05, 0.1) is 31.9 Å². The summed E-state index contributed by atoms with van der Waals surface area (Å²) >= 11 is 1.12. The molecule has 29 heavy (non-hydrogen) atoms. The van der Waals surface area contributed by atoms with Crippen molar-refractivity contribution in [2.45, 2.75) is 0 Å². The zero-order valence-electron chi connectivity index (χ0n) is 16.0. The Balaban J connectivity index is 2.05. The number of aliphatic imine (C=N–C) groups is 1. The lowest BCUT2D eigenvalue weighted by molar-refractivity contribution is -0.135. The van der Waals surface area contributed by atoms with Crippen LogP contribution in [0.1, 0.15) is 5.56 Å². The zero-order valence-corrected chi connectivity index (χ0v) is 16.8. The molecular formula is C21H19NO6S. The summed E-state index contributed by atoms with van der Waals surface area (Å²) in [6.45, 7) is 0. The van der Waals surface area contributed by atoms with Gasteiger partial charge in [0, 0.05) is 6.07 Å².